The Bertz CT molecular complexity index is 668. The first-order chi connectivity index (χ1) is 10.1. The minimum atomic E-state index is -0.213. The number of fused-ring (bicyclic) bond motifs is 1. The Hall–Kier alpha value is -2.61. The number of aromatic nitrogens is 3. The van der Waals surface area contributed by atoms with Crippen LogP contribution in [0, 0.1) is 0 Å². The number of ether oxygens (including phenoxy) is 2. The van der Waals surface area contributed by atoms with Gasteiger partial charge in [-0.3, -0.25) is 4.79 Å². The second kappa shape index (κ2) is 5.41. The van der Waals surface area contributed by atoms with Crippen molar-refractivity contribution in [1.82, 2.24) is 15.0 Å². The van der Waals surface area contributed by atoms with Gasteiger partial charge in [-0.2, -0.15) is 0 Å². The van der Waals surface area contributed by atoms with Gasteiger partial charge < -0.3 is 20.5 Å². The number of nitrogens with one attached hydrogen (secondary N) is 1. The van der Waals surface area contributed by atoms with Gasteiger partial charge in [-0.25, -0.2) is 4.68 Å². The Labute approximate surface area is 120 Å². The number of hydrogen-bond acceptors (Lipinski definition) is 6. The molecule has 0 spiro atoms. The highest BCUT2D eigenvalue weighted by Gasteiger charge is 2.14. The van der Waals surface area contributed by atoms with E-state index in [1.54, 1.807) is 31.3 Å². The third-order valence-corrected chi connectivity index (χ3v) is 2.98. The smallest absolute Gasteiger partial charge is 0.246 e. The van der Waals surface area contributed by atoms with E-state index in [0.29, 0.717) is 22.9 Å². The third kappa shape index (κ3) is 2.95. The zero-order valence-corrected chi connectivity index (χ0v) is 11.4. The zero-order chi connectivity index (χ0) is 14.8. The number of rotatable bonds is 4. The molecule has 21 heavy (non-hydrogen) atoms. The fourth-order valence-corrected chi connectivity index (χ4v) is 1.92. The highest BCUT2D eigenvalue weighted by Crippen LogP contribution is 2.34. The van der Waals surface area contributed by atoms with Gasteiger partial charge in [0.25, 0.3) is 0 Å². The SMILES string of the molecule is CC(N)c1cn(CC(=O)Nc2ccc3c(c2)OCO3)nn1. The van der Waals surface area contributed by atoms with Crippen LogP contribution >= 0.6 is 0 Å². The van der Waals surface area contributed by atoms with Crippen molar-refractivity contribution in [2.75, 3.05) is 12.1 Å². The van der Waals surface area contributed by atoms with E-state index in [-0.39, 0.29) is 25.3 Å². The minimum absolute atomic E-state index is 0.0637. The molecule has 3 rings (SSSR count). The summed E-state index contributed by atoms with van der Waals surface area (Å²) in [6.45, 7) is 2.07. The van der Waals surface area contributed by atoms with Gasteiger partial charge >= 0.3 is 0 Å². The third-order valence-electron chi connectivity index (χ3n) is 2.98. The maximum atomic E-state index is 12.0. The normalized spacial score (nSPS) is 14.0. The van der Waals surface area contributed by atoms with Crippen LogP contribution in [0.1, 0.15) is 18.7 Å². The Morgan fingerprint density at radius 3 is 3.05 bits per heavy atom. The summed E-state index contributed by atoms with van der Waals surface area (Å²) < 4.78 is 11.9. The van der Waals surface area contributed by atoms with Gasteiger partial charge in [0.1, 0.15) is 6.54 Å². The number of nitrogens with zero attached hydrogens (tertiary/aromatic N) is 3. The lowest BCUT2D eigenvalue weighted by molar-refractivity contribution is -0.116. The van der Waals surface area contributed by atoms with E-state index in [1.807, 2.05) is 0 Å². The molecule has 0 radical (unpaired) electrons. The predicted octanol–water partition coefficient (Wildman–Crippen LogP) is 0.665. The molecule has 1 atom stereocenters. The van der Waals surface area contributed by atoms with Gasteiger partial charge in [-0.1, -0.05) is 5.21 Å². The number of carbonyl (C=O) groups is 1. The van der Waals surface area contributed by atoms with Gasteiger partial charge in [-0.05, 0) is 19.1 Å². The number of carbonyl (C=O) groups excluding carboxylic acids is 1. The Morgan fingerprint density at radius 1 is 1.48 bits per heavy atom. The molecule has 0 fully saturated rings. The van der Waals surface area contributed by atoms with E-state index >= 15 is 0 Å². The monoisotopic (exact) mass is 289 g/mol. The van der Waals surface area contributed by atoms with Crippen molar-refractivity contribution >= 4 is 11.6 Å². The summed E-state index contributed by atoms with van der Waals surface area (Å²) in [4.78, 5) is 12.0. The zero-order valence-electron chi connectivity index (χ0n) is 11.4. The second-order valence-electron chi connectivity index (χ2n) is 4.75. The molecule has 1 aliphatic rings. The van der Waals surface area contributed by atoms with Crippen molar-refractivity contribution in [1.29, 1.82) is 0 Å². The Balaban J connectivity index is 1.63. The number of amides is 1. The molecule has 1 amide bonds. The van der Waals surface area contributed by atoms with Crippen LogP contribution in [0.25, 0.3) is 0 Å². The number of anilines is 1. The highest BCUT2D eigenvalue weighted by atomic mass is 16.7. The van der Waals surface area contributed by atoms with Crippen LogP contribution in [0.4, 0.5) is 5.69 Å². The molecule has 2 heterocycles. The summed E-state index contributed by atoms with van der Waals surface area (Å²) in [6.07, 6.45) is 1.66. The van der Waals surface area contributed by atoms with E-state index in [2.05, 4.69) is 15.6 Å². The van der Waals surface area contributed by atoms with Gasteiger partial charge in [0, 0.05) is 17.8 Å². The predicted molar refractivity (Wildman–Crippen MR) is 73.8 cm³/mol. The maximum absolute atomic E-state index is 12.0. The molecule has 1 aromatic carbocycles. The highest BCUT2D eigenvalue weighted by molar-refractivity contribution is 5.90. The first-order valence-electron chi connectivity index (χ1n) is 6.47. The van der Waals surface area contributed by atoms with Crippen molar-refractivity contribution in [2.24, 2.45) is 5.73 Å². The molecule has 8 heteroatoms. The molecule has 8 nitrogen and oxygen atoms in total. The summed E-state index contributed by atoms with van der Waals surface area (Å²) in [7, 11) is 0. The van der Waals surface area contributed by atoms with Crippen LogP contribution in [0.15, 0.2) is 24.4 Å². The van der Waals surface area contributed by atoms with E-state index in [9.17, 15) is 4.79 Å². The first-order valence-corrected chi connectivity index (χ1v) is 6.47. The Kier molecular flexibility index (Phi) is 3.44. The molecule has 0 aliphatic carbocycles. The molecule has 0 saturated carbocycles. The molecule has 110 valence electrons. The van der Waals surface area contributed by atoms with Crippen LogP contribution in [-0.4, -0.2) is 27.7 Å². The standard InChI is InChI=1S/C13H15N5O3/c1-8(14)10-5-18(17-16-10)6-13(19)15-9-2-3-11-12(4-9)21-7-20-11/h2-5,8H,6-7,14H2,1H3,(H,15,19). The number of benzene rings is 1. The average molecular weight is 289 g/mol. The molecule has 0 bridgehead atoms. The van der Waals surface area contributed by atoms with Crippen molar-refractivity contribution < 1.29 is 14.3 Å². The number of hydrogen-bond donors (Lipinski definition) is 2. The van der Waals surface area contributed by atoms with Crippen LogP contribution in [0.2, 0.25) is 0 Å². The van der Waals surface area contributed by atoms with E-state index < -0.39 is 0 Å². The molecule has 2 aromatic rings. The van der Waals surface area contributed by atoms with Crippen LogP contribution in [0.5, 0.6) is 11.5 Å². The average Bonchev–Trinajstić information content (AvgIpc) is 3.06. The van der Waals surface area contributed by atoms with Gasteiger partial charge in [0.2, 0.25) is 12.7 Å². The molecule has 3 N–H and O–H groups in total. The van der Waals surface area contributed by atoms with Crippen molar-refractivity contribution in [2.45, 2.75) is 19.5 Å². The summed E-state index contributed by atoms with van der Waals surface area (Å²) in [5.74, 6) is 1.08. The first kappa shape index (κ1) is 13.4. The lowest BCUT2D eigenvalue weighted by Gasteiger charge is -2.06. The van der Waals surface area contributed by atoms with E-state index in [0.717, 1.165) is 0 Å². The fourth-order valence-electron chi connectivity index (χ4n) is 1.92. The summed E-state index contributed by atoms with van der Waals surface area (Å²) >= 11 is 0. The Morgan fingerprint density at radius 2 is 2.29 bits per heavy atom. The summed E-state index contributed by atoms with van der Waals surface area (Å²) in [5.41, 5.74) is 6.97. The number of nitrogens with two attached hydrogens (primary N) is 1. The van der Waals surface area contributed by atoms with E-state index in [4.69, 9.17) is 15.2 Å². The van der Waals surface area contributed by atoms with Crippen molar-refractivity contribution in [3.63, 3.8) is 0 Å². The molecular formula is C13H15N5O3. The summed E-state index contributed by atoms with van der Waals surface area (Å²) in [6, 6.07) is 5.01. The quantitative estimate of drug-likeness (QED) is 0.857. The van der Waals surface area contributed by atoms with Crippen LogP contribution in [0.3, 0.4) is 0 Å². The topological polar surface area (TPSA) is 104 Å². The van der Waals surface area contributed by atoms with E-state index in [1.165, 1.54) is 4.68 Å². The van der Waals surface area contributed by atoms with Crippen LogP contribution < -0.4 is 20.5 Å². The lowest BCUT2D eigenvalue weighted by atomic mass is 10.2. The van der Waals surface area contributed by atoms with Gasteiger partial charge in [0.15, 0.2) is 11.5 Å². The summed E-state index contributed by atoms with van der Waals surface area (Å²) in [5, 5.41) is 10.5. The molecule has 0 saturated heterocycles. The minimum Gasteiger partial charge on any atom is -0.454 e. The molecular weight excluding hydrogens is 274 g/mol. The molecule has 1 aromatic heterocycles. The molecule has 1 aliphatic heterocycles. The van der Waals surface area contributed by atoms with Gasteiger partial charge in [0.05, 0.1) is 11.9 Å². The van der Waals surface area contributed by atoms with Crippen molar-refractivity contribution in [3.05, 3.63) is 30.1 Å². The molecule has 1 unspecified atom stereocenters. The largest absolute Gasteiger partial charge is 0.454 e. The van der Waals surface area contributed by atoms with Gasteiger partial charge in [-0.15, -0.1) is 5.10 Å². The van der Waals surface area contributed by atoms with Crippen LogP contribution in [-0.2, 0) is 11.3 Å². The lowest BCUT2D eigenvalue weighted by Crippen LogP contribution is -2.19. The second-order valence-corrected chi connectivity index (χ2v) is 4.75. The fraction of sp³-hybridized carbons (Fsp3) is 0.308. The maximum Gasteiger partial charge on any atom is 0.246 e. The van der Waals surface area contributed by atoms with Crippen molar-refractivity contribution in [3.8, 4) is 11.5 Å².